The third kappa shape index (κ3) is 12.2. The van der Waals surface area contributed by atoms with E-state index >= 15 is 0 Å². The molecule has 0 saturated heterocycles. The molecule has 0 aliphatic carbocycles. The summed E-state index contributed by atoms with van der Waals surface area (Å²) in [7, 11) is 0. The van der Waals surface area contributed by atoms with Gasteiger partial charge >= 0.3 is 6.09 Å². The van der Waals surface area contributed by atoms with E-state index in [9.17, 15) is 24.0 Å². The van der Waals surface area contributed by atoms with Crippen LogP contribution in [0.25, 0.3) is 22.1 Å². The number of nitrogens with zero attached hydrogens (tertiary/aromatic N) is 8. The molecule has 0 radical (unpaired) electrons. The summed E-state index contributed by atoms with van der Waals surface area (Å²) in [5.41, 5.74) is 9.98. The molecule has 0 fully saturated rings. The average molecular weight is 908 g/mol. The van der Waals surface area contributed by atoms with E-state index in [0.717, 1.165) is 0 Å². The highest BCUT2D eigenvalue weighted by atomic mass is 16.6. The van der Waals surface area contributed by atoms with Crippen LogP contribution in [0.2, 0.25) is 0 Å². The zero-order valence-corrected chi connectivity index (χ0v) is 38.3. The summed E-state index contributed by atoms with van der Waals surface area (Å²) < 4.78 is 23.1. The summed E-state index contributed by atoms with van der Waals surface area (Å²) in [5.74, 6) is -1.25. The van der Waals surface area contributed by atoms with Crippen LogP contribution in [-0.4, -0.2) is 114 Å². The number of aryl methyl sites for hydroxylation is 4. The lowest BCUT2D eigenvalue weighted by Crippen LogP contribution is -2.34. The van der Waals surface area contributed by atoms with Gasteiger partial charge in [0, 0.05) is 50.4 Å². The predicted molar refractivity (Wildman–Crippen MR) is 247 cm³/mol. The number of amides is 5. The highest BCUT2D eigenvalue weighted by Crippen LogP contribution is 2.25. The third-order valence-corrected chi connectivity index (χ3v) is 9.92. The van der Waals surface area contributed by atoms with Crippen LogP contribution in [0, 0.1) is 13.8 Å². The normalized spacial score (nSPS) is 11.7. The molecule has 4 aromatic heterocycles. The van der Waals surface area contributed by atoms with Crippen LogP contribution in [0.15, 0.2) is 60.7 Å². The van der Waals surface area contributed by atoms with E-state index in [4.69, 9.17) is 24.9 Å². The van der Waals surface area contributed by atoms with E-state index in [0.29, 0.717) is 89.9 Å². The van der Waals surface area contributed by atoms with E-state index < -0.39 is 29.4 Å². The number of hydrogen-bond donors (Lipinski definition) is 5. The number of allylic oxidation sites excluding steroid dienone is 2. The molecular weight excluding hydrogens is 851 g/mol. The monoisotopic (exact) mass is 907 g/mol. The Bertz CT molecular complexity index is 2760. The number of rotatable bonds is 21. The lowest BCUT2D eigenvalue weighted by atomic mass is 10.2. The Morgan fingerprint density at radius 3 is 1.59 bits per heavy atom. The Kier molecular flexibility index (Phi) is 15.7. The molecule has 350 valence electrons. The molecule has 0 atom stereocenters. The summed E-state index contributed by atoms with van der Waals surface area (Å²) in [6.07, 6.45) is 3.26. The number of ether oxygens (including phenoxy) is 3. The second-order valence-electron chi connectivity index (χ2n) is 16.1. The van der Waals surface area contributed by atoms with E-state index in [1.54, 1.807) is 83.2 Å². The first-order valence-corrected chi connectivity index (χ1v) is 21.6. The number of carbonyl (C=O) groups excluding carboxylic acids is 5. The standard InChI is InChI=1S/C45H57N13O8/c1-8-57-36(24-28(3)53-57)40(61)51-42-49-32-26-30(38(46)59)12-14-34(32)55(42)18-10-11-19-56-35-15-13-31(27-33(35)50-43(56)52-41(62)37-25-29(4)54-58(37)9-2)39(60)47-16-20-64-22-23-65-21-17-48-44(63)66-45(5,6)7/h10-15,24-27H,8-9,16-23H2,1-7H3,(H2,46,59)(H,47,60)(H,48,63)(H,49,51,61)(H,50,52,62)/b11-10+. The molecule has 0 unspecified atom stereocenters. The van der Waals surface area contributed by atoms with Gasteiger partial charge in [-0.1, -0.05) is 12.2 Å². The fourth-order valence-corrected chi connectivity index (χ4v) is 6.94. The van der Waals surface area contributed by atoms with Gasteiger partial charge in [0.05, 0.1) is 59.9 Å². The molecule has 5 amide bonds. The van der Waals surface area contributed by atoms with E-state index in [2.05, 4.69) is 36.4 Å². The number of nitrogens with one attached hydrogen (secondary N) is 4. The van der Waals surface area contributed by atoms with Crippen LogP contribution in [0.4, 0.5) is 16.7 Å². The molecule has 6 rings (SSSR count). The fraction of sp³-hybridized carbons (Fsp3) is 0.400. The summed E-state index contributed by atoms with van der Waals surface area (Å²) in [4.78, 5) is 73.5. The second-order valence-corrected chi connectivity index (χ2v) is 16.1. The van der Waals surface area contributed by atoms with Crippen molar-refractivity contribution in [3.8, 4) is 0 Å². The van der Waals surface area contributed by atoms with E-state index in [1.165, 1.54) is 0 Å². The summed E-state index contributed by atoms with van der Waals surface area (Å²) in [6, 6.07) is 13.4. The van der Waals surface area contributed by atoms with Crippen molar-refractivity contribution >= 4 is 63.7 Å². The molecule has 21 heteroatoms. The summed E-state index contributed by atoms with van der Waals surface area (Å²) >= 11 is 0. The van der Waals surface area contributed by atoms with Gasteiger partial charge in [0.1, 0.15) is 17.0 Å². The molecule has 6 aromatic rings. The number of aromatic nitrogens is 8. The van der Waals surface area contributed by atoms with Crippen LogP contribution >= 0.6 is 0 Å². The maximum Gasteiger partial charge on any atom is 0.407 e. The number of imidazole rings is 2. The molecule has 0 aliphatic rings. The van der Waals surface area contributed by atoms with E-state index in [1.807, 2.05) is 44.4 Å². The molecule has 0 saturated carbocycles. The molecule has 6 N–H and O–H groups in total. The highest BCUT2D eigenvalue weighted by Gasteiger charge is 2.21. The zero-order chi connectivity index (χ0) is 47.5. The Morgan fingerprint density at radius 1 is 0.652 bits per heavy atom. The maximum absolute atomic E-state index is 13.7. The van der Waals surface area contributed by atoms with Crippen molar-refractivity contribution in [2.45, 2.75) is 80.2 Å². The van der Waals surface area contributed by atoms with Crippen molar-refractivity contribution in [2.75, 3.05) is 50.2 Å². The Labute approximate surface area is 381 Å². The SMILES string of the molecule is CCn1nc(C)cc1C(=O)Nc1nc2cc(C(N)=O)ccc2n1C/C=C/Cn1c(NC(=O)c2cc(C)nn2CC)nc2cc(C(=O)NCCOCCOCCNC(=O)OC(C)(C)C)ccc21. The maximum atomic E-state index is 13.7. The zero-order valence-electron chi connectivity index (χ0n) is 38.3. The number of nitrogens with two attached hydrogens (primary N) is 1. The third-order valence-electron chi connectivity index (χ3n) is 9.92. The first-order chi connectivity index (χ1) is 31.5. The Morgan fingerprint density at radius 2 is 1.12 bits per heavy atom. The molecule has 2 aromatic carbocycles. The molecule has 66 heavy (non-hydrogen) atoms. The number of primary amides is 1. The predicted octanol–water partition coefficient (Wildman–Crippen LogP) is 4.58. The topological polar surface area (TPSA) is 258 Å². The second kappa shape index (κ2) is 21.5. The fourth-order valence-electron chi connectivity index (χ4n) is 6.94. The van der Waals surface area contributed by atoms with Gasteiger partial charge < -0.3 is 39.7 Å². The van der Waals surface area contributed by atoms with Crippen LogP contribution in [-0.2, 0) is 40.4 Å². The highest BCUT2D eigenvalue weighted by molar-refractivity contribution is 6.04. The number of fused-ring (bicyclic) bond motifs is 2. The quantitative estimate of drug-likeness (QED) is 0.0491. The first kappa shape index (κ1) is 48.1. The lowest BCUT2D eigenvalue weighted by molar-refractivity contribution is 0.0400. The number of hydrogen-bond acceptors (Lipinski definition) is 12. The van der Waals surface area contributed by atoms with Gasteiger partial charge in [-0.15, -0.1) is 0 Å². The number of anilines is 2. The minimum atomic E-state index is -0.607. The van der Waals surface area contributed by atoms with Crippen molar-refractivity contribution in [2.24, 2.45) is 5.73 Å². The van der Waals surface area contributed by atoms with Crippen LogP contribution in [0.5, 0.6) is 0 Å². The van der Waals surface area contributed by atoms with Gasteiger partial charge in [0.25, 0.3) is 17.7 Å². The smallest absolute Gasteiger partial charge is 0.407 e. The van der Waals surface area contributed by atoms with E-state index in [-0.39, 0.29) is 49.6 Å². The number of carbonyl (C=O) groups is 5. The molecule has 4 heterocycles. The molecule has 21 nitrogen and oxygen atoms in total. The van der Waals surface area contributed by atoms with Crippen molar-refractivity contribution in [1.29, 1.82) is 0 Å². The Balaban J connectivity index is 1.14. The van der Waals surface area contributed by atoms with Crippen LogP contribution in [0.3, 0.4) is 0 Å². The van der Waals surface area contributed by atoms with Crippen molar-refractivity contribution in [3.05, 3.63) is 94.6 Å². The van der Waals surface area contributed by atoms with Gasteiger partial charge in [-0.25, -0.2) is 14.8 Å². The van der Waals surface area contributed by atoms with Crippen LogP contribution in [0.1, 0.15) is 87.7 Å². The first-order valence-electron chi connectivity index (χ1n) is 21.6. The number of benzene rings is 2. The number of alkyl carbamates (subject to hydrolysis) is 1. The van der Waals surface area contributed by atoms with Gasteiger partial charge in [-0.3, -0.25) is 39.2 Å². The molecule has 0 bridgehead atoms. The molecular formula is C45H57N13O8. The van der Waals surface area contributed by atoms with Crippen molar-refractivity contribution in [1.82, 2.24) is 49.3 Å². The molecule has 0 spiro atoms. The van der Waals surface area contributed by atoms with Crippen LogP contribution < -0.4 is 27.0 Å². The van der Waals surface area contributed by atoms with Gasteiger partial charge in [0.2, 0.25) is 17.8 Å². The molecule has 0 aliphatic heterocycles. The van der Waals surface area contributed by atoms with Gasteiger partial charge in [-0.05, 0) is 97.0 Å². The van der Waals surface area contributed by atoms with Crippen molar-refractivity contribution < 1.29 is 38.2 Å². The lowest BCUT2D eigenvalue weighted by Gasteiger charge is -2.19. The van der Waals surface area contributed by atoms with Gasteiger partial charge in [0.15, 0.2) is 0 Å². The Hall–Kier alpha value is -7.39. The minimum absolute atomic E-state index is 0.245. The minimum Gasteiger partial charge on any atom is -0.444 e. The largest absolute Gasteiger partial charge is 0.444 e. The average Bonchev–Trinajstić information content (AvgIpc) is 4.03. The van der Waals surface area contributed by atoms with Crippen molar-refractivity contribution in [3.63, 3.8) is 0 Å². The summed E-state index contributed by atoms with van der Waals surface area (Å²) in [6.45, 7) is 16.0. The van der Waals surface area contributed by atoms with Gasteiger partial charge in [-0.2, -0.15) is 10.2 Å². The summed E-state index contributed by atoms with van der Waals surface area (Å²) in [5, 5.41) is 20.1.